The number of rotatable bonds is 60. The lowest BCUT2D eigenvalue weighted by Crippen LogP contribution is -2.17. The molecule has 132 heavy (non-hydrogen) atoms. The molecule has 0 unspecified atom stereocenters. The molecule has 1 aliphatic rings. The van der Waals surface area contributed by atoms with E-state index in [0.717, 1.165) is 178 Å². The van der Waals surface area contributed by atoms with Gasteiger partial charge in [0.05, 0.1) is 48.7 Å². The quantitative estimate of drug-likeness (QED) is 0.0124. The van der Waals surface area contributed by atoms with Crippen molar-refractivity contribution in [1.82, 2.24) is 0 Å². The molecule has 0 radical (unpaired) electrons. The van der Waals surface area contributed by atoms with Crippen molar-refractivity contribution >= 4 is 40.5 Å². The summed E-state index contributed by atoms with van der Waals surface area (Å²) in [7, 11) is -21.6. The minimum Gasteiger partial charge on any atom is -0.507 e. The molecule has 0 amide bonds. The Morgan fingerprint density at radius 3 is 0.462 bits per heavy atom. The van der Waals surface area contributed by atoms with Crippen molar-refractivity contribution in [3.05, 3.63) is 210 Å². The molecular formula is C104H144O24S4. The van der Waals surface area contributed by atoms with E-state index < -0.39 is 200 Å². The van der Waals surface area contributed by atoms with E-state index in [-0.39, 0.29) is 48.7 Å². The molecule has 12 N–H and O–H groups in total. The summed E-state index contributed by atoms with van der Waals surface area (Å²) < 4.78 is 180. The van der Waals surface area contributed by atoms with Crippen LogP contribution in [0.25, 0.3) is 0 Å². The molecule has 0 heterocycles. The standard InChI is InChI=1S/C104H144O24S4/c1-5-9-13-17-21-25-29-33-37-41-61-125-77-53-45-73(46-54-77)93-81-65-83(99(107)89(97(81)105)69-129(113,114)115)94(74-47-55-78(56-48-74)126-62-42-38-34-30-26-22-18-14-10-6-2)85-67-87(103(111)91(101(85)109)71-131(119,120)121)96(76-51-59-80(60-52-76)128-64-44-40-36-32-28-24-20-16-12-8-4)88-68-86(102(110)92(104(88)112)72-132(122,123)124)95(84-66-82(93)98(106)90(100(84)108)70-130(116,117)118)75-49-57-79(58-50-75)127-63-43-39-35-31-27-23-19-15-11-7-3/h45-60,65-68,93-96,105-112H,5-44,61-64,69-72H2,1-4H3,(H,113,114,115)(H,116,117,118)(H,119,120,121)(H,122,123,124). The molecule has 24 nitrogen and oxygen atoms in total. The Morgan fingerprint density at radius 1 is 0.205 bits per heavy atom. The van der Waals surface area contributed by atoms with Crippen LogP contribution in [0.2, 0.25) is 0 Å². The minimum absolute atomic E-state index is 0.0336. The Labute approximate surface area is 784 Å². The van der Waals surface area contributed by atoms with Crippen molar-refractivity contribution in [3.8, 4) is 69.0 Å². The van der Waals surface area contributed by atoms with Crippen molar-refractivity contribution in [2.75, 3.05) is 26.4 Å². The van der Waals surface area contributed by atoms with Crippen LogP contribution in [0.5, 0.6) is 69.0 Å². The zero-order valence-corrected chi connectivity index (χ0v) is 81.0. The molecule has 728 valence electrons. The van der Waals surface area contributed by atoms with Crippen molar-refractivity contribution in [2.24, 2.45) is 0 Å². The highest BCUT2D eigenvalue weighted by Gasteiger charge is 2.41. The van der Waals surface area contributed by atoms with Crippen molar-refractivity contribution in [1.29, 1.82) is 0 Å². The summed E-state index contributed by atoms with van der Waals surface area (Å²) in [5.74, 6) is -21.4. The Balaban J connectivity index is 1.37. The van der Waals surface area contributed by atoms with E-state index in [4.69, 9.17) is 18.9 Å². The summed E-state index contributed by atoms with van der Waals surface area (Å²) in [5, 5.41) is 107. The molecule has 8 aromatic rings. The first-order valence-corrected chi connectivity index (χ1v) is 54.7. The molecule has 0 aliphatic heterocycles. The third kappa shape index (κ3) is 32.7. The molecule has 9 rings (SSSR count). The fraction of sp³-hybridized carbons (Fsp3) is 0.538. The maximum absolute atomic E-state index is 13.8. The number of fused-ring (bicyclic) bond motifs is 8. The summed E-state index contributed by atoms with van der Waals surface area (Å²) in [6, 6.07) is 28.9. The van der Waals surface area contributed by atoms with Crippen LogP contribution >= 0.6 is 0 Å². The van der Waals surface area contributed by atoms with Gasteiger partial charge in [-0.05, 0) is 121 Å². The largest absolute Gasteiger partial charge is 0.507 e. The Bertz CT molecular complexity index is 4610. The lowest BCUT2D eigenvalue weighted by atomic mass is 9.73. The SMILES string of the molecule is CCCCCCCCCCCCOc1ccc(C2c3cc(c(O)c(CS(=O)(=O)O)c3O)C(c3ccc(OCCCCCCCCCCCC)cc3)c3cc(c(O)c(CS(=O)(=O)O)c3O)C(c3ccc(OCCCCCCCCCCCC)cc3)c3cc(c(O)c(CS(=O)(=O)O)c3O)C(c3ccc(OCCCCCCCCCCCC)cc3)c3cc2c(O)c(CS(=O)(=O)O)c3O)cc1. The number of hydrogen-bond donors (Lipinski definition) is 12. The molecule has 28 heteroatoms. The molecule has 0 saturated carbocycles. The number of aromatic hydroxyl groups is 8. The van der Waals surface area contributed by atoms with Gasteiger partial charge in [0.2, 0.25) is 0 Å². The predicted molar refractivity (Wildman–Crippen MR) is 519 cm³/mol. The first-order valence-electron chi connectivity index (χ1n) is 48.3. The molecule has 8 aromatic carbocycles. The van der Waals surface area contributed by atoms with Gasteiger partial charge in [-0.15, -0.1) is 0 Å². The van der Waals surface area contributed by atoms with Gasteiger partial charge in [-0.3, -0.25) is 18.2 Å². The lowest BCUT2D eigenvalue weighted by Gasteiger charge is -2.32. The summed E-state index contributed by atoms with van der Waals surface area (Å²) in [6.45, 7) is 9.76. The van der Waals surface area contributed by atoms with E-state index in [9.17, 15) is 92.7 Å². The monoisotopic (exact) mass is 1900 g/mol. The second-order valence-electron chi connectivity index (χ2n) is 36.0. The van der Waals surface area contributed by atoms with E-state index in [1.165, 1.54) is 126 Å². The lowest BCUT2D eigenvalue weighted by molar-refractivity contribution is 0.304. The van der Waals surface area contributed by atoms with E-state index in [1.54, 1.807) is 48.5 Å². The Hall–Kier alpha value is -9.00. The summed E-state index contributed by atoms with van der Waals surface area (Å²) in [4.78, 5) is 0. The van der Waals surface area contributed by atoms with Crippen LogP contribution < -0.4 is 18.9 Å². The highest BCUT2D eigenvalue weighted by Crippen LogP contribution is 2.58. The molecule has 0 fully saturated rings. The van der Waals surface area contributed by atoms with Crippen molar-refractivity contribution < 1.29 is 112 Å². The fourth-order valence-electron chi connectivity index (χ4n) is 18.3. The van der Waals surface area contributed by atoms with Crippen LogP contribution in [-0.4, -0.2) is 119 Å². The van der Waals surface area contributed by atoms with Gasteiger partial charge in [0.15, 0.2) is 0 Å². The van der Waals surface area contributed by atoms with Gasteiger partial charge in [0.1, 0.15) is 92.0 Å². The van der Waals surface area contributed by atoms with E-state index in [1.807, 2.05) is 0 Å². The van der Waals surface area contributed by atoms with Gasteiger partial charge in [0, 0.05) is 68.2 Å². The van der Waals surface area contributed by atoms with Gasteiger partial charge in [-0.25, -0.2) is 0 Å². The average Bonchev–Trinajstić information content (AvgIpc) is 0.722. The van der Waals surface area contributed by atoms with Gasteiger partial charge in [-0.1, -0.05) is 307 Å². The molecule has 0 aromatic heterocycles. The summed E-state index contributed by atoms with van der Waals surface area (Å²) in [6.07, 6.45) is 42.1. The number of unbranched alkanes of at least 4 members (excludes halogenated alkanes) is 36. The summed E-state index contributed by atoms with van der Waals surface area (Å²) >= 11 is 0. The minimum atomic E-state index is -5.41. The highest BCUT2D eigenvalue weighted by atomic mass is 32.2. The number of phenols is 8. The molecular weight excluding hydrogens is 1760 g/mol. The molecule has 8 bridgehead atoms. The van der Waals surface area contributed by atoms with Crippen LogP contribution in [0.4, 0.5) is 0 Å². The van der Waals surface area contributed by atoms with Crippen molar-refractivity contribution in [2.45, 2.75) is 331 Å². The Morgan fingerprint density at radius 2 is 0.333 bits per heavy atom. The van der Waals surface area contributed by atoms with Gasteiger partial charge >= 0.3 is 0 Å². The second-order valence-corrected chi connectivity index (χ2v) is 41.8. The maximum Gasteiger partial charge on any atom is 0.269 e. The normalized spacial score (nSPS) is 14.8. The smallest absolute Gasteiger partial charge is 0.269 e. The van der Waals surface area contributed by atoms with Gasteiger partial charge in [-0.2, -0.15) is 33.7 Å². The topological polar surface area (TPSA) is 416 Å². The highest BCUT2D eigenvalue weighted by molar-refractivity contribution is 7.85. The van der Waals surface area contributed by atoms with Crippen LogP contribution in [0, 0.1) is 0 Å². The zero-order valence-electron chi connectivity index (χ0n) is 77.7. The summed E-state index contributed by atoms with van der Waals surface area (Å²) in [5.41, 5.74) is -7.52. The predicted octanol–water partition coefficient (Wildman–Crippen LogP) is 25.1. The van der Waals surface area contributed by atoms with Crippen LogP contribution in [-0.2, 0) is 63.5 Å². The average molecular weight is 1910 g/mol. The number of phenolic OH excluding ortho intramolecular Hbond substituents is 8. The van der Waals surface area contributed by atoms with Gasteiger partial charge < -0.3 is 59.8 Å². The van der Waals surface area contributed by atoms with E-state index in [2.05, 4.69) is 27.7 Å². The first kappa shape index (κ1) is 107. The number of benzene rings is 8. The Kier molecular flexibility index (Phi) is 43.1. The van der Waals surface area contributed by atoms with Crippen LogP contribution in [0.1, 0.15) is 397 Å². The third-order valence-corrected chi connectivity index (χ3v) is 28.0. The maximum atomic E-state index is 13.8. The zero-order chi connectivity index (χ0) is 95.4. The van der Waals surface area contributed by atoms with Crippen molar-refractivity contribution in [3.63, 3.8) is 0 Å². The molecule has 0 spiro atoms. The fourth-order valence-corrected chi connectivity index (χ4v) is 20.9. The van der Waals surface area contributed by atoms with Crippen LogP contribution in [0.3, 0.4) is 0 Å². The van der Waals surface area contributed by atoms with Gasteiger partial charge in [0.25, 0.3) is 40.5 Å². The first-order chi connectivity index (χ1) is 63.3. The molecule has 0 atom stereocenters. The van der Waals surface area contributed by atoms with Crippen LogP contribution in [0.15, 0.2) is 121 Å². The third-order valence-electron chi connectivity index (χ3n) is 25.4. The molecule has 0 saturated heterocycles. The van der Waals surface area contributed by atoms with E-state index >= 15 is 0 Å². The number of hydrogen-bond acceptors (Lipinski definition) is 20. The number of ether oxygens (including phenoxy) is 4. The molecule has 1 aliphatic carbocycles. The van der Waals surface area contributed by atoms with E-state index in [0.29, 0.717) is 48.7 Å². The second kappa shape index (κ2) is 53.3.